The summed E-state index contributed by atoms with van der Waals surface area (Å²) in [5, 5.41) is 11.1. The summed E-state index contributed by atoms with van der Waals surface area (Å²) in [4.78, 5) is 22.1. The molecule has 1 rings (SSSR count). The maximum Gasteiger partial charge on any atom is 0.412 e. The van der Waals surface area contributed by atoms with Crippen LogP contribution in [0.15, 0.2) is 18.2 Å². The molecule has 7 heteroatoms. The van der Waals surface area contributed by atoms with Gasteiger partial charge in [0.05, 0.1) is 12.8 Å². The lowest BCUT2D eigenvalue weighted by Crippen LogP contribution is -2.27. The second-order valence-electron chi connectivity index (χ2n) is 5.17. The van der Waals surface area contributed by atoms with Crippen molar-refractivity contribution < 1.29 is 28.9 Å². The first kappa shape index (κ1) is 16.6. The van der Waals surface area contributed by atoms with Gasteiger partial charge in [-0.05, 0) is 32.9 Å². The van der Waals surface area contributed by atoms with Crippen molar-refractivity contribution in [2.45, 2.75) is 26.4 Å². The highest BCUT2D eigenvalue weighted by molar-refractivity contribution is 5.87. The van der Waals surface area contributed by atoms with Crippen LogP contribution in [0.2, 0.25) is 0 Å². The molecule has 0 saturated heterocycles. The molecule has 0 bridgehead atoms. The Morgan fingerprint density at radius 2 is 1.95 bits per heavy atom. The zero-order valence-electron chi connectivity index (χ0n) is 12.4. The molecule has 0 spiro atoms. The monoisotopic (exact) mass is 297 g/mol. The average Bonchev–Trinajstić information content (AvgIpc) is 2.35. The second-order valence-corrected chi connectivity index (χ2v) is 5.17. The minimum absolute atomic E-state index is 0.323. The number of carboxylic acid groups (broad SMARTS) is 1. The average molecular weight is 297 g/mol. The zero-order chi connectivity index (χ0) is 16.0. The molecule has 2 N–H and O–H groups in total. The fourth-order valence-corrected chi connectivity index (χ4v) is 1.42. The van der Waals surface area contributed by atoms with E-state index in [0.29, 0.717) is 17.2 Å². The molecule has 1 amide bonds. The summed E-state index contributed by atoms with van der Waals surface area (Å²) in [6.07, 6.45) is -0.611. The molecule has 116 valence electrons. The molecule has 0 aliphatic rings. The molecule has 21 heavy (non-hydrogen) atoms. The van der Waals surface area contributed by atoms with E-state index in [4.69, 9.17) is 19.3 Å². The van der Waals surface area contributed by atoms with Crippen molar-refractivity contribution in [3.05, 3.63) is 18.2 Å². The Hall–Kier alpha value is -2.44. The molecule has 0 aromatic heterocycles. The maximum absolute atomic E-state index is 11.7. The number of nitrogens with one attached hydrogen (secondary N) is 1. The number of hydrogen-bond acceptors (Lipinski definition) is 5. The SMILES string of the molecule is COc1cc(OCC(=O)O)ccc1NC(=O)OC(C)(C)C. The minimum atomic E-state index is -1.08. The third-order valence-corrected chi connectivity index (χ3v) is 2.17. The van der Waals surface area contributed by atoms with Crippen LogP contribution in [0.4, 0.5) is 10.5 Å². The Bertz CT molecular complexity index is 521. The van der Waals surface area contributed by atoms with Gasteiger partial charge in [-0.1, -0.05) is 0 Å². The summed E-state index contributed by atoms with van der Waals surface area (Å²) in [5.74, 6) is -0.419. The van der Waals surface area contributed by atoms with E-state index in [-0.39, 0.29) is 0 Å². The molecule has 0 aliphatic carbocycles. The summed E-state index contributed by atoms with van der Waals surface area (Å²) in [7, 11) is 1.43. The molecule has 0 fully saturated rings. The third kappa shape index (κ3) is 6.03. The number of carbonyl (C=O) groups excluding carboxylic acids is 1. The van der Waals surface area contributed by atoms with Crippen molar-refractivity contribution in [1.29, 1.82) is 0 Å². The van der Waals surface area contributed by atoms with Gasteiger partial charge in [-0.3, -0.25) is 5.32 Å². The predicted octanol–water partition coefficient (Wildman–Crippen LogP) is 2.51. The van der Waals surface area contributed by atoms with Gasteiger partial charge in [-0.15, -0.1) is 0 Å². The largest absolute Gasteiger partial charge is 0.494 e. The number of benzene rings is 1. The van der Waals surface area contributed by atoms with Crippen molar-refractivity contribution in [1.82, 2.24) is 0 Å². The van der Waals surface area contributed by atoms with Crippen molar-refractivity contribution >= 4 is 17.7 Å². The van der Waals surface area contributed by atoms with E-state index < -0.39 is 24.3 Å². The van der Waals surface area contributed by atoms with Crippen LogP contribution in [0.3, 0.4) is 0 Å². The molecular weight excluding hydrogens is 278 g/mol. The molecule has 0 atom stereocenters. The molecule has 1 aromatic carbocycles. The van der Waals surface area contributed by atoms with E-state index in [1.54, 1.807) is 26.8 Å². The molecular formula is C14H19NO6. The Kier molecular flexibility index (Phi) is 5.40. The number of carboxylic acids is 1. The minimum Gasteiger partial charge on any atom is -0.494 e. The lowest BCUT2D eigenvalue weighted by Gasteiger charge is -2.20. The predicted molar refractivity (Wildman–Crippen MR) is 76.0 cm³/mol. The van der Waals surface area contributed by atoms with E-state index in [2.05, 4.69) is 5.32 Å². The number of methoxy groups -OCH3 is 1. The van der Waals surface area contributed by atoms with Crippen LogP contribution in [0.5, 0.6) is 11.5 Å². The van der Waals surface area contributed by atoms with Crippen LogP contribution in [-0.2, 0) is 9.53 Å². The number of amides is 1. The Morgan fingerprint density at radius 1 is 1.29 bits per heavy atom. The summed E-state index contributed by atoms with van der Waals surface area (Å²) in [5.41, 5.74) is -0.212. The number of hydrogen-bond donors (Lipinski definition) is 2. The maximum atomic E-state index is 11.7. The van der Waals surface area contributed by atoms with Crippen LogP contribution < -0.4 is 14.8 Å². The quantitative estimate of drug-likeness (QED) is 0.867. The number of rotatable bonds is 5. The first-order valence-electron chi connectivity index (χ1n) is 6.24. The van der Waals surface area contributed by atoms with Gasteiger partial charge in [-0.25, -0.2) is 9.59 Å². The van der Waals surface area contributed by atoms with Gasteiger partial charge < -0.3 is 19.3 Å². The zero-order valence-corrected chi connectivity index (χ0v) is 12.4. The fraction of sp³-hybridized carbons (Fsp3) is 0.429. The van der Waals surface area contributed by atoms with Crippen molar-refractivity contribution in [2.24, 2.45) is 0 Å². The van der Waals surface area contributed by atoms with Gasteiger partial charge >= 0.3 is 12.1 Å². The van der Waals surface area contributed by atoms with Crippen LogP contribution in [-0.4, -0.2) is 36.5 Å². The molecule has 1 aromatic rings. The van der Waals surface area contributed by atoms with E-state index in [0.717, 1.165) is 0 Å². The fourth-order valence-electron chi connectivity index (χ4n) is 1.42. The van der Waals surface area contributed by atoms with E-state index in [9.17, 15) is 9.59 Å². The van der Waals surface area contributed by atoms with Crippen LogP contribution >= 0.6 is 0 Å². The van der Waals surface area contributed by atoms with Gasteiger partial charge in [0, 0.05) is 6.07 Å². The molecule has 0 unspecified atom stereocenters. The highest BCUT2D eigenvalue weighted by Crippen LogP contribution is 2.29. The molecule has 0 heterocycles. The Morgan fingerprint density at radius 3 is 2.48 bits per heavy atom. The van der Waals surface area contributed by atoms with E-state index >= 15 is 0 Å². The lowest BCUT2D eigenvalue weighted by molar-refractivity contribution is -0.139. The second kappa shape index (κ2) is 6.83. The molecule has 0 saturated carbocycles. The van der Waals surface area contributed by atoms with Gasteiger partial charge in [-0.2, -0.15) is 0 Å². The summed E-state index contributed by atoms with van der Waals surface area (Å²) >= 11 is 0. The van der Waals surface area contributed by atoms with E-state index in [1.165, 1.54) is 19.2 Å². The Labute approximate surface area is 122 Å². The molecule has 0 radical (unpaired) electrons. The number of aliphatic carboxylic acids is 1. The molecule has 0 aliphatic heterocycles. The highest BCUT2D eigenvalue weighted by Gasteiger charge is 2.17. The summed E-state index contributed by atoms with van der Waals surface area (Å²) < 4.78 is 15.3. The first-order valence-corrected chi connectivity index (χ1v) is 6.24. The highest BCUT2D eigenvalue weighted by atomic mass is 16.6. The van der Waals surface area contributed by atoms with Crippen LogP contribution in [0.1, 0.15) is 20.8 Å². The lowest BCUT2D eigenvalue weighted by atomic mass is 10.2. The van der Waals surface area contributed by atoms with Crippen molar-refractivity contribution in [3.8, 4) is 11.5 Å². The number of carbonyl (C=O) groups is 2. The van der Waals surface area contributed by atoms with Gasteiger partial charge in [0.15, 0.2) is 6.61 Å². The number of ether oxygens (including phenoxy) is 3. The molecule has 7 nitrogen and oxygen atoms in total. The van der Waals surface area contributed by atoms with Crippen molar-refractivity contribution in [3.63, 3.8) is 0 Å². The van der Waals surface area contributed by atoms with Gasteiger partial charge in [0.1, 0.15) is 17.1 Å². The van der Waals surface area contributed by atoms with Crippen LogP contribution in [0, 0.1) is 0 Å². The van der Waals surface area contributed by atoms with Gasteiger partial charge in [0.2, 0.25) is 0 Å². The van der Waals surface area contributed by atoms with Crippen LogP contribution in [0.25, 0.3) is 0 Å². The topological polar surface area (TPSA) is 94.1 Å². The summed E-state index contributed by atoms with van der Waals surface area (Å²) in [6.45, 7) is 4.81. The van der Waals surface area contributed by atoms with Gasteiger partial charge in [0.25, 0.3) is 0 Å². The normalized spacial score (nSPS) is 10.7. The first-order chi connectivity index (χ1) is 9.71. The summed E-state index contributed by atoms with van der Waals surface area (Å²) in [6, 6.07) is 4.55. The third-order valence-electron chi connectivity index (χ3n) is 2.17. The smallest absolute Gasteiger partial charge is 0.412 e. The van der Waals surface area contributed by atoms with E-state index in [1.807, 2.05) is 0 Å². The standard InChI is InChI=1S/C14H19NO6/c1-14(2,3)21-13(18)15-10-6-5-9(7-11(10)19-4)20-8-12(16)17/h5-7H,8H2,1-4H3,(H,15,18)(H,16,17). The number of anilines is 1. The van der Waals surface area contributed by atoms with Crippen molar-refractivity contribution in [2.75, 3.05) is 19.0 Å². The Balaban J connectivity index is 2.79.